The molecule has 0 aliphatic rings. The zero-order valence-corrected chi connectivity index (χ0v) is 12.5. The van der Waals surface area contributed by atoms with E-state index in [2.05, 4.69) is 72.8 Å². The molecule has 1 N–H and O–H groups in total. The normalized spacial score (nSPS) is 10.9. The Bertz CT molecular complexity index is 673. The molecule has 0 aliphatic heterocycles. The minimum Gasteiger partial charge on any atom is -0.338 e. The molecule has 1 heterocycles. The molecular weight excluding hydrogens is 391 g/mol. The third kappa shape index (κ3) is 2.24. The van der Waals surface area contributed by atoms with E-state index >= 15 is 0 Å². The van der Waals surface area contributed by atoms with Crippen LogP contribution in [0.4, 0.5) is 0 Å². The van der Waals surface area contributed by atoms with Gasteiger partial charge < -0.3 is 4.98 Å². The summed E-state index contributed by atoms with van der Waals surface area (Å²) in [5.41, 5.74) is 3.15. The summed E-state index contributed by atoms with van der Waals surface area (Å²) < 4.78 is 2.29. The fraction of sp³-hybridized carbons (Fsp3) is 0. The van der Waals surface area contributed by atoms with Crippen LogP contribution in [0.25, 0.3) is 22.4 Å². The predicted molar refractivity (Wildman–Crippen MR) is 81.9 cm³/mol. The summed E-state index contributed by atoms with van der Waals surface area (Å²) in [6.07, 6.45) is 0. The van der Waals surface area contributed by atoms with Crippen LogP contribution in [0.2, 0.25) is 0 Å². The molecular formula is C13H8BrIN2. The second-order valence-corrected chi connectivity index (χ2v) is 5.92. The Kier molecular flexibility index (Phi) is 2.92. The topological polar surface area (TPSA) is 28.7 Å². The lowest BCUT2D eigenvalue weighted by Gasteiger charge is -1.95. The summed E-state index contributed by atoms with van der Waals surface area (Å²) >= 11 is 5.76. The van der Waals surface area contributed by atoms with E-state index in [1.807, 2.05) is 18.2 Å². The van der Waals surface area contributed by atoms with Crippen LogP contribution in [0.3, 0.4) is 0 Å². The molecule has 84 valence electrons. The van der Waals surface area contributed by atoms with Crippen molar-refractivity contribution in [1.29, 1.82) is 0 Å². The van der Waals surface area contributed by atoms with Crippen molar-refractivity contribution in [3.8, 4) is 11.4 Å². The maximum atomic E-state index is 4.57. The van der Waals surface area contributed by atoms with Gasteiger partial charge in [0.2, 0.25) is 0 Å². The van der Waals surface area contributed by atoms with Crippen molar-refractivity contribution in [3.63, 3.8) is 0 Å². The van der Waals surface area contributed by atoms with Crippen LogP contribution in [0.5, 0.6) is 0 Å². The first-order valence-electron chi connectivity index (χ1n) is 5.13. The summed E-state index contributed by atoms with van der Waals surface area (Å²) in [4.78, 5) is 7.90. The van der Waals surface area contributed by atoms with Crippen LogP contribution in [-0.4, -0.2) is 9.97 Å². The number of aromatic nitrogens is 2. The van der Waals surface area contributed by atoms with Gasteiger partial charge in [0.25, 0.3) is 0 Å². The molecule has 0 radical (unpaired) electrons. The Morgan fingerprint density at radius 2 is 1.82 bits per heavy atom. The molecule has 0 fully saturated rings. The van der Waals surface area contributed by atoms with Gasteiger partial charge in [0, 0.05) is 13.6 Å². The Hall–Kier alpha value is -0.880. The minimum atomic E-state index is 0.912. The third-order valence-corrected chi connectivity index (χ3v) is 3.77. The minimum absolute atomic E-state index is 0.912. The first-order chi connectivity index (χ1) is 8.22. The maximum absolute atomic E-state index is 4.57. The van der Waals surface area contributed by atoms with Crippen molar-refractivity contribution < 1.29 is 0 Å². The highest BCUT2D eigenvalue weighted by molar-refractivity contribution is 14.1. The molecule has 0 saturated heterocycles. The molecule has 0 amide bonds. The highest BCUT2D eigenvalue weighted by Crippen LogP contribution is 2.23. The molecule has 1 aromatic heterocycles. The quantitative estimate of drug-likeness (QED) is 0.596. The van der Waals surface area contributed by atoms with Gasteiger partial charge in [-0.25, -0.2) is 4.98 Å². The van der Waals surface area contributed by atoms with E-state index in [1.165, 1.54) is 3.57 Å². The number of hydrogen-bond donors (Lipinski definition) is 1. The number of halogens is 2. The highest BCUT2D eigenvalue weighted by atomic mass is 127. The van der Waals surface area contributed by atoms with Gasteiger partial charge in [-0.1, -0.05) is 28.1 Å². The van der Waals surface area contributed by atoms with Gasteiger partial charge in [-0.2, -0.15) is 0 Å². The number of benzene rings is 2. The van der Waals surface area contributed by atoms with E-state index in [1.54, 1.807) is 0 Å². The third-order valence-electron chi connectivity index (χ3n) is 2.56. The number of imidazole rings is 1. The molecule has 0 bridgehead atoms. The molecule has 0 saturated carbocycles. The molecule has 0 aliphatic carbocycles. The summed E-state index contributed by atoms with van der Waals surface area (Å²) in [7, 11) is 0. The molecule has 0 spiro atoms. The van der Waals surface area contributed by atoms with E-state index in [4.69, 9.17) is 0 Å². The second kappa shape index (κ2) is 4.42. The maximum Gasteiger partial charge on any atom is 0.138 e. The van der Waals surface area contributed by atoms with Crippen LogP contribution in [0.15, 0.2) is 46.9 Å². The van der Waals surface area contributed by atoms with Gasteiger partial charge in [-0.3, -0.25) is 0 Å². The Labute approximate surface area is 121 Å². The van der Waals surface area contributed by atoms with Gasteiger partial charge >= 0.3 is 0 Å². The fourth-order valence-electron chi connectivity index (χ4n) is 1.73. The van der Waals surface area contributed by atoms with Gasteiger partial charge in [0.15, 0.2) is 0 Å². The zero-order valence-electron chi connectivity index (χ0n) is 8.74. The summed E-state index contributed by atoms with van der Waals surface area (Å²) in [5.74, 6) is 0.912. The smallest absolute Gasteiger partial charge is 0.138 e. The molecule has 0 unspecified atom stereocenters. The van der Waals surface area contributed by atoms with Gasteiger partial charge in [0.05, 0.1) is 11.0 Å². The Balaban J connectivity index is 2.14. The average molecular weight is 399 g/mol. The first kappa shape index (κ1) is 11.2. The molecule has 3 rings (SSSR count). The Morgan fingerprint density at radius 1 is 1.06 bits per heavy atom. The van der Waals surface area contributed by atoms with Crippen molar-refractivity contribution in [3.05, 3.63) is 50.5 Å². The lowest BCUT2D eigenvalue weighted by Crippen LogP contribution is -1.79. The van der Waals surface area contributed by atoms with E-state index in [0.29, 0.717) is 0 Å². The van der Waals surface area contributed by atoms with E-state index in [9.17, 15) is 0 Å². The number of aromatic amines is 1. The largest absolute Gasteiger partial charge is 0.338 e. The van der Waals surface area contributed by atoms with E-state index in [0.717, 1.165) is 26.9 Å². The zero-order chi connectivity index (χ0) is 11.8. The van der Waals surface area contributed by atoms with E-state index < -0.39 is 0 Å². The first-order valence-corrected chi connectivity index (χ1v) is 7.01. The van der Waals surface area contributed by atoms with Gasteiger partial charge in [-0.05, 0) is 52.9 Å². The lowest BCUT2D eigenvalue weighted by molar-refractivity contribution is 1.33. The summed E-state index contributed by atoms with van der Waals surface area (Å²) in [5, 5.41) is 0. The summed E-state index contributed by atoms with van der Waals surface area (Å²) in [6.45, 7) is 0. The van der Waals surface area contributed by atoms with Crippen LogP contribution >= 0.6 is 38.5 Å². The van der Waals surface area contributed by atoms with Crippen molar-refractivity contribution in [2.45, 2.75) is 0 Å². The highest BCUT2D eigenvalue weighted by Gasteiger charge is 2.05. The number of nitrogens with one attached hydrogen (secondary N) is 1. The standard InChI is InChI=1S/C13H8BrIN2/c14-9-3-6-11-12(7-9)17-13(16-11)8-1-4-10(15)5-2-8/h1-7H,(H,16,17). The second-order valence-electron chi connectivity index (χ2n) is 3.75. The van der Waals surface area contributed by atoms with Crippen molar-refractivity contribution in [1.82, 2.24) is 9.97 Å². The van der Waals surface area contributed by atoms with Crippen LogP contribution < -0.4 is 0 Å². The van der Waals surface area contributed by atoms with Crippen LogP contribution in [0, 0.1) is 3.57 Å². The molecule has 4 heteroatoms. The number of fused-ring (bicyclic) bond motifs is 1. The number of nitrogens with zero attached hydrogens (tertiary/aromatic N) is 1. The molecule has 0 atom stereocenters. The SMILES string of the molecule is Brc1ccc2nc(-c3ccc(I)cc3)[nH]c2c1. The predicted octanol–water partition coefficient (Wildman–Crippen LogP) is 4.60. The monoisotopic (exact) mass is 398 g/mol. The Morgan fingerprint density at radius 3 is 2.59 bits per heavy atom. The van der Waals surface area contributed by atoms with Crippen molar-refractivity contribution >= 4 is 49.6 Å². The summed E-state index contributed by atoms with van der Waals surface area (Å²) in [6, 6.07) is 14.4. The van der Waals surface area contributed by atoms with Crippen molar-refractivity contribution in [2.75, 3.05) is 0 Å². The number of hydrogen-bond acceptors (Lipinski definition) is 1. The van der Waals surface area contributed by atoms with Crippen LogP contribution in [0.1, 0.15) is 0 Å². The number of H-pyrrole nitrogens is 1. The van der Waals surface area contributed by atoms with Crippen LogP contribution in [-0.2, 0) is 0 Å². The molecule has 2 nitrogen and oxygen atoms in total. The number of rotatable bonds is 1. The van der Waals surface area contributed by atoms with E-state index in [-0.39, 0.29) is 0 Å². The lowest BCUT2D eigenvalue weighted by atomic mass is 10.2. The van der Waals surface area contributed by atoms with Crippen molar-refractivity contribution in [2.24, 2.45) is 0 Å². The molecule has 2 aromatic carbocycles. The molecule has 17 heavy (non-hydrogen) atoms. The van der Waals surface area contributed by atoms with Gasteiger partial charge in [-0.15, -0.1) is 0 Å². The van der Waals surface area contributed by atoms with Gasteiger partial charge in [0.1, 0.15) is 5.82 Å². The fourth-order valence-corrected chi connectivity index (χ4v) is 2.45. The average Bonchev–Trinajstić information content (AvgIpc) is 2.72. The molecule has 3 aromatic rings.